The Balaban J connectivity index is 1.62. The molecule has 0 aromatic heterocycles. The van der Waals surface area contributed by atoms with Crippen molar-refractivity contribution in [1.29, 1.82) is 0 Å². The van der Waals surface area contributed by atoms with Gasteiger partial charge in [0.1, 0.15) is 0 Å². The fourth-order valence-corrected chi connectivity index (χ4v) is 4.92. The van der Waals surface area contributed by atoms with Crippen molar-refractivity contribution in [2.75, 3.05) is 0 Å². The monoisotopic (exact) mass is 374 g/mol. The van der Waals surface area contributed by atoms with Crippen molar-refractivity contribution in [3.05, 3.63) is 66.2 Å². The summed E-state index contributed by atoms with van der Waals surface area (Å²) < 4.78 is 1.20. The van der Waals surface area contributed by atoms with Crippen LogP contribution in [0.25, 0.3) is 0 Å². The van der Waals surface area contributed by atoms with Gasteiger partial charge in [-0.3, -0.25) is 0 Å². The van der Waals surface area contributed by atoms with Crippen molar-refractivity contribution in [2.45, 2.75) is 24.3 Å². The first kappa shape index (κ1) is 15.8. The minimum atomic E-state index is -0.291. The molecule has 2 atom stereocenters. The SMILES string of the molecule is C[C@H](NC(=O)N1C(=O)C[C@@H]1[Se]c1ccccc1)c1ccccc1. The zero-order valence-electron chi connectivity index (χ0n) is 12.8. The number of β-lactam (4-membered cyclic amide) rings is 1. The van der Waals surface area contributed by atoms with Gasteiger partial charge in [-0.05, 0) is 0 Å². The van der Waals surface area contributed by atoms with Gasteiger partial charge in [0.25, 0.3) is 0 Å². The molecule has 0 aliphatic carbocycles. The molecule has 0 radical (unpaired) electrons. The van der Waals surface area contributed by atoms with E-state index in [1.54, 1.807) is 0 Å². The van der Waals surface area contributed by atoms with Gasteiger partial charge < -0.3 is 0 Å². The summed E-state index contributed by atoms with van der Waals surface area (Å²) in [7, 11) is 0. The zero-order valence-corrected chi connectivity index (χ0v) is 14.5. The summed E-state index contributed by atoms with van der Waals surface area (Å²) in [6.07, 6.45) is 0.460. The first-order chi connectivity index (χ1) is 11.1. The van der Waals surface area contributed by atoms with Gasteiger partial charge in [0, 0.05) is 0 Å². The molecule has 118 valence electrons. The first-order valence-corrected chi connectivity index (χ1v) is 9.39. The van der Waals surface area contributed by atoms with Crippen LogP contribution in [-0.2, 0) is 4.79 Å². The van der Waals surface area contributed by atoms with Crippen LogP contribution in [0.1, 0.15) is 24.9 Å². The van der Waals surface area contributed by atoms with Crippen molar-refractivity contribution in [2.24, 2.45) is 0 Å². The average Bonchev–Trinajstić information content (AvgIpc) is 2.55. The predicted molar refractivity (Wildman–Crippen MR) is 90.5 cm³/mol. The number of carbonyl (C=O) groups is 2. The van der Waals surface area contributed by atoms with E-state index >= 15 is 0 Å². The number of likely N-dealkylation sites (tertiary alicyclic amines) is 1. The molecule has 0 unspecified atom stereocenters. The number of benzene rings is 2. The summed E-state index contributed by atoms with van der Waals surface area (Å²) >= 11 is 0.0858. The molecule has 5 heteroatoms. The Kier molecular flexibility index (Phi) is 4.79. The predicted octanol–water partition coefficient (Wildman–Crippen LogP) is 2.05. The maximum atomic E-state index is 12.4. The summed E-state index contributed by atoms with van der Waals surface area (Å²) in [5, 5.41) is 2.92. The molecule has 3 rings (SSSR count). The van der Waals surface area contributed by atoms with Crippen molar-refractivity contribution >= 4 is 31.4 Å². The van der Waals surface area contributed by atoms with Gasteiger partial charge >= 0.3 is 142 Å². The molecule has 3 amide bonds. The van der Waals surface area contributed by atoms with Crippen LogP contribution in [0.15, 0.2) is 60.7 Å². The standard InChI is InChI=1S/C18H18N2O2Se/c1-13(14-8-4-2-5-9-14)19-18(22)20-16(21)12-17(20)23-15-10-6-3-7-11-15/h2-11,13,17H,12H2,1H3,(H,19,22)/t13-,17-/m0/s1. The van der Waals surface area contributed by atoms with Crippen LogP contribution in [0.3, 0.4) is 0 Å². The van der Waals surface area contributed by atoms with E-state index in [0.29, 0.717) is 6.42 Å². The Morgan fingerprint density at radius 3 is 2.35 bits per heavy atom. The summed E-state index contributed by atoms with van der Waals surface area (Å²) in [5.74, 6) is -0.0921. The first-order valence-electron chi connectivity index (χ1n) is 7.54. The van der Waals surface area contributed by atoms with Gasteiger partial charge in [0.2, 0.25) is 0 Å². The molecule has 1 heterocycles. The van der Waals surface area contributed by atoms with Crippen molar-refractivity contribution in [3.63, 3.8) is 0 Å². The van der Waals surface area contributed by atoms with Crippen molar-refractivity contribution in [1.82, 2.24) is 10.2 Å². The van der Waals surface area contributed by atoms with Crippen LogP contribution in [0.4, 0.5) is 4.79 Å². The molecule has 0 saturated carbocycles. The van der Waals surface area contributed by atoms with E-state index in [9.17, 15) is 9.59 Å². The van der Waals surface area contributed by atoms with Crippen LogP contribution in [0, 0.1) is 0 Å². The normalized spacial score (nSPS) is 18.2. The van der Waals surface area contributed by atoms with Crippen LogP contribution in [0.2, 0.25) is 0 Å². The molecule has 4 nitrogen and oxygen atoms in total. The third kappa shape index (κ3) is 3.63. The molecule has 0 bridgehead atoms. The van der Waals surface area contributed by atoms with E-state index < -0.39 is 0 Å². The quantitative estimate of drug-likeness (QED) is 0.659. The number of amides is 3. The van der Waals surface area contributed by atoms with Crippen LogP contribution >= 0.6 is 0 Å². The van der Waals surface area contributed by atoms with E-state index in [4.69, 9.17) is 0 Å². The van der Waals surface area contributed by atoms with Gasteiger partial charge in [-0.2, -0.15) is 0 Å². The van der Waals surface area contributed by atoms with E-state index in [0.717, 1.165) is 5.56 Å². The number of urea groups is 1. The third-order valence-electron chi connectivity index (χ3n) is 3.78. The number of hydrogen-bond acceptors (Lipinski definition) is 2. The molecule has 1 fully saturated rings. The van der Waals surface area contributed by atoms with Gasteiger partial charge in [-0.15, -0.1) is 0 Å². The number of imide groups is 1. The molecule has 1 aliphatic rings. The van der Waals surface area contributed by atoms with Gasteiger partial charge in [0.05, 0.1) is 0 Å². The Morgan fingerprint density at radius 1 is 1.13 bits per heavy atom. The second kappa shape index (κ2) is 6.99. The summed E-state index contributed by atoms with van der Waals surface area (Å²) in [6, 6.07) is 19.4. The molecule has 23 heavy (non-hydrogen) atoms. The number of nitrogens with zero attached hydrogens (tertiary/aromatic N) is 1. The van der Waals surface area contributed by atoms with Crippen LogP contribution in [0.5, 0.6) is 0 Å². The summed E-state index contributed by atoms with van der Waals surface area (Å²) in [4.78, 5) is 25.7. The number of rotatable bonds is 4. The second-order valence-corrected chi connectivity index (χ2v) is 8.06. The van der Waals surface area contributed by atoms with Gasteiger partial charge in [-0.25, -0.2) is 0 Å². The molecule has 2 aromatic carbocycles. The maximum absolute atomic E-state index is 12.4. The minimum absolute atomic E-state index is 0.0142. The van der Waals surface area contributed by atoms with Gasteiger partial charge in [-0.1, -0.05) is 0 Å². The van der Waals surface area contributed by atoms with Gasteiger partial charge in [0.15, 0.2) is 0 Å². The fourth-order valence-electron chi connectivity index (χ4n) is 2.46. The molecule has 2 aromatic rings. The Morgan fingerprint density at radius 2 is 1.74 bits per heavy atom. The zero-order chi connectivity index (χ0) is 16.2. The van der Waals surface area contributed by atoms with Crippen molar-refractivity contribution in [3.8, 4) is 0 Å². The molecular weight excluding hydrogens is 355 g/mol. The van der Waals surface area contributed by atoms with E-state index in [-0.39, 0.29) is 37.9 Å². The van der Waals surface area contributed by atoms with Crippen LogP contribution in [-0.4, -0.2) is 36.7 Å². The summed E-state index contributed by atoms with van der Waals surface area (Å²) in [5.41, 5.74) is 1.03. The topological polar surface area (TPSA) is 49.4 Å². The van der Waals surface area contributed by atoms with Crippen LogP contribution < -0.4 is 9.78 Å². The fraction of sp³-hybridized carbons (Fsp3) is 0.222. The number of hydrogen-bond donors (Lipinski definition) is 1. The summed E-state index contributed by atoms with van der Waals surface area (Å²) in [6.45, 7) is 1.93. The molecule has 1 aliphatic heterocycles. The Hall–Kier alpha value is -2.10. The number of carbonyl (C=O) groups excluding carboxylic acids is 2. The molecule has 1 N–H and O–H groups in total. The number of nitrogens with one attached hydrogen (secondary N) is 1. The van der Waals surface area contributed by atoms with E-state index in [2.05, 4.69) is 5.32 Å². The molecular formula is C18H18N2O2Se. The second-order valence-electron chi connectivity index (χ2n) is 5.44. The Bertz CT molecular complexity index is 691. The van der Waals surface area contributed by atoms with E-state index in [1.165, 1.54) is 9.36 Å². The molecule has 1 saturated heterocycles. The third-order valence-corrected chi connectivity index (χ3v) is 6.28. The molecule has 0 spiro atoms. The average molecular weight is 373 g/mol. The Labute approximate surface area is 142 Å². The van der Waals surface area contributed by atoms with Crippen molar-refractivity contribution < 1.29 is 9.59 Å². The van der Waals surface area contributed by atoms with E-state index in [1.807, 2.05) is 67.6 Å².